The standard InChI is InChI=1S/C21H19N/c1-15(2)17-10-11-18-14-20(16-7-4-3-5-8-16)19(9-6-12-22)21(18)13-17/h3-5,7-8,10-11,13-14,19H,1,6,9H2,2H3. The predicted octanol–water partition coefficient (Wildman–Crippen LogP) is 5.66. The molecule has 22 heavy (non-hydrogen) atoms. The number of hydrogen-bond donors (Lipinski definition) is 0. The van der Waals surface area contributed by atoms with Crippen molar-refractivity contribution in [2.45, 2.75) is 25.7 Å². The number of fused-ring (bicyclic) bond motifs is 1. The Kier molecular flexibility index (Phi) is 3.94. The predicted molar refractivity (Wildman–Crippen MR) is 93.1 cm³/mol. The Balaban J connectivity index is 2.05. The van der Waals surface area contributed by atoms with Gasteiger partial charge in [0.2, 0.25) is 0 Å². The SMILES string of the molecule is C=C(C)c1ccc2c(c1)C(CCC#N)C(c1ccccc1)=C2. The number of allylic oxidation sites excluding steroid dienone is 2. The highest BCUT2D eigenvalue weighted by molar-refractivity contribution is 5.92. The highest BCUT2D eigenvalue weighted by atomic mass is 14.3. The molecule has 1 heteroatoms. The van der Waals surface area contributed by atoms with Gasteiger partial charge in [0.1, 0.15) is 0 Å². The van der Waals surface area contributed by atoms with Crippen molar-refractivity contribution in [3.05, 3.63) is 77.4 Å². The van der Waals surface area contributed by atoms with Crippen LogP contribution in [0.5, 0.6) is 0 Å². The first-order valence-corrected chi connectivity index (χ1v) is 7.64. The van der Waals surface area contributed by atoms with Gasteiger partial charge in [-0.3, -0.25) is 0 Å². The van der Waals surface area contributed by atoms with E-state index >= 15 is 0 Å². The Hall–Kier alpha value is -2.59. The third-order valence-corrected chi connectivity index (χ3v) is 4.29. The lowest BCUT2D eigenvalue weighted by Gasteiger charge is -2.17. The molecule has 0 saturated carbocycles. The summed E-state index contributed by atoms with van der Waals surface area (Å²) in [6.07, 6.45) is 3.71. The van der Waals surface area contributed by atoms with E-state index in [1.165, 1.54) is 27.8 Å². The van der Waals surface area contributed by atoms with Gasteiger partial charge < -0.3 is 0 Å². The molecule has 1 unspecified atom stereocenters. The van der Waals surface area contributed by atoms with Crippen LogP contribution in [0.25, 0.3) is 17.2 Å². The zero-order chi connectivity index (χ0) is 15.5. The van der Waals surface area contributed by atoms with Crippen LogP contribution in [0.2, 0.25) is 0 Å². The lowest BCUT2D eigenvalue weighted by atomic mass is 9.87. The molecule has 0 heterocycles. The van der Waals surface area contributed by atoms with E-state index in [1.807, 2.05) is 13.0 Å². The van der Waals surface area contributed by atoms with Gasteiger partial charge in [0.25, 0.3) is 0 Å². The molecule has 0 saturated heterocycles. The summed E-state index contributed by atoms with van der Waals surface area (Å²) in [6.45, 7) is 6.08. The zero-order valence-corrected chi connectivity index (χ0v) is 12.8. The molecule has 2 aromatic carbocycles. The summed E-state index contributed by atoms with van der Waals surface area (Å²) in [5.74, 6) is 0.302. The zero-order valence-electron chi connectivity index (χ0n) is 12.8. The van der Waals surface area contributed by atoms with Crippen molar-refractivity contribution in [1.29, 1.82) is 5.26 Å². The van der Waals surface area contributed by atoms with E-state index < -0.39 is 0 Å². The van der Waals surface area contributed by atoms with Gasteiger partial charge in [-0.15, -0.1) is 0 Å². The van der Waals surface area contributed by atoms with E-state index in [1.54, 1.807) is 0 Å². The number of nitriles is 1. The van der Waals surface area contributed by atoms with E-state index in [0.717, 1.165) is 12.0 Å². The van der Waals surface area contributed by atoms with Gasteiger partial charge in [-0.2, -0.15) is 5.26 Å². The smallest absolute Gasteiger partial charge is 0.0622 e. The number of hydrogen-bond acceptors (Lipinski definition) is 1. The van der Waals surface area contributed by atoms with E-state index in [-0.39, 0.29) is 0 Å². The molecule has 0 aliphatic heterocycles. The second kappa shape index (κ2) is 6.03. The van der Waals surface area contributed by atoms with Crippen molar-refractivity contribution in [2.75, 3.05) is 0 Å². The van der Waals surface area contributed by atoms with Gasteiger partial charge in [-0.1, -0.05) is 66.8 Å². The fourth-order valence-electron chi connectivity index (χ4n) is 3.14. The Morgan fingerprint density at radius 1 is 1.18 bits per heavy atom. The van der Waals surface area contributed by atoms with Crippen LogP contribution >= 0.6 is 0 Å². The molecule has 1 atom stereocenters. The van der Waals surface area contributed by atoms with Crippen molar-refractivity contribution in [2.24, 2.45) is 0 Å². The maximum atomic E-state index is 8.99. The van der Waals surface area contributed by atoms with Crippen LogP contribution in [-0.4, -0.2) is 0 Å². The summed E-state index contributed by atoms with van der Waals surface area (Å²) >= 11 is 0. The first-order chi connectivity index (χ1) is 10.7. The lowest BCUT2D eigenvalue weighted by Crippen LogP contribution is -1.99. The van der Waals surface area contributed by atoms with Gasteiger partial charge >= 0.3 is 0 Å². The van der Waals surface area contributed by atoms with Crippen LogP contribution in [0, 0.1) is 11.3 Å². The first-order valence-electron chi connectivity index (χ1n) is 7.64. The molecular formula is C21H19N. The Morgan fingerprint density at radius 3 is 2.64 bits per heavy atom. The topological polar surface area (TPSA) is 23.8 Å². The number of benzene rings is 2. The van der Waals surface area contributed by atoms with E-state index in [4.69, 9.17) is 5.26 Å². The summed E-state index contributed by atoms with van der Waals surface area (Å²) in [4.78, 5) is 0. The fourth-order valence-corrected chi connectivity index (χ4v) is 3.14. The molecule has 0 aromatic heterocycles. The monoisotopic (exact) mass is 285 g/mol. The Morgan fingerprint density at radius 2 is 1.95 bits per heavy atom. The summed E-state index contributed by atoms with van der Waals surface area (Å²) in [5, 5.41) is 8.99. The second-order valence-corrected chi connectivity index (χ2v) is 5.84. The van der Waals surface area contributed by atoms with Crippen LogP contribution in [-0.2, 0) is 0 Å². The minimum Gasteiger partial charge on any atom is -0.198 e. The quantitative estimate of drug-likeness (QED) is 0.711. The minimum atomic E-state index is 0.302. The first kappa shape index (κ1) is 14.4. The molecule has 0 N–H and O–H groups in total. The van der Waals surface area contributed by atoms with Crippen LogP contribution in [0.4, 0.5) is 0 Å². The van der Waals surface area contributed by atoms with Crippen LogP contribution in [0.3, 0.4) is 0 Å². The van der Waals surface area contributed by atoms with Gasteiger partial charge in [0.15, 0.2) is 0 Å². The third-order valence-electron chi connectivity index (χ3n) is 4.29. The molecule has 0 fully saturated rings. The molecule has 1 aliphatic carbocycles. The molecular weight excluding hydrogens is 266 g/mol. The molecule has 108 valence electrons. The molecule has 1 nitrogen and oxygen atoms in total. The van der Waals surface area contributed by atoms with Crippen molar-refractivity contribution in [1.82, 2.24) is 0 Å². The maximum Gasteiger partial charge on any atom is 0.0622 e. The minimum absolute atomic E-state index is 0.302. The van der Waals surface area contributed by atoms with Crippen LogP contribution in [0.1, 0.15) is 47.9 Å². The Labute approximate surface area is 132 Å². The number of rotatable bonds is 4. The normalized spacial score (nSPS) is 15.8. The van der Waals surface area contributed by atoms with Crippen molar-refractivity contribution in [3.63, 3.8) is 0 Å². The summed E-state index contributed by atoms with van der Waals surface area (Å²) in [7, 11) is 0. The van der Waals surface area contributed by atoms with E-state index in [9.17, 15) is 0 Å². The summed E-state index contributed by atoms with van der Waals surface area (Å²) in [6, 6.07) is 19.3. The van der Waals surface area contributed by atoms with Gasteiger partial charge in [-0.05, 0) is 41.2 Å². The van der Waals surface area contributed by atoms with Gasteiger partial charge in [0, 0.05) is 12.3 Å². The van der Waals surface area contributed by atoms with E-state index in [0.29, 0.717) is 12.3 Å². The molecule has 1 aliphatic rings. The summed E-state index contributed by atoms with van der Waals surface area (Å²) < 4.78 is 0. The molecule has 2 aromatic rings. The second-order valence-electron chi connectivity index (χ2n) is 5.84. The molecule has 0 spiro atoms. The molecule has 0 amide bonds. The van der Waals surface area contributed by atoms with Crippen LogP contribution in [0.15, 0.2) is 55.1 Å². The van der Waals surface area contributed by atoms with Crippen molar-refractivity contribution in [3.8, 4) is 6.07 Å². The fraction of sp³-hybridized carbons (Fsp3) is 0.190. The van der Waals surface area contributed by atoms with Gasteiger partial charge in [0.05, 0.1) is 6.07 Å². The van der Waals surface area contributed by atoms with E-state index in [2.05, 4.69) is 61.2 Å². The lowest BCUT2D eigenvalue weighted by molar-refractivity contribution is 0.780. The molecule has 0 radical (unpaired) electrons. The van der Waals surface area contributed by atoms with Crippen LogP contribution < -0.4 is 0 Å². The average Bonchev–Trinajstić information content (AvgIpc) is 2.91. The van der Waals surface area contributed by atoms with Gasteiger partial charge in [-0.25, -0.2) is 0 Å². The maximum absolute atomic E-state index is 8.99. The average molecular weight is 285 g/mol. The highest BCUT2D eigenvalue weighted by Gasteiger charge is 2.26. The molecule has 3 rings (SSSR count). The van der Waals surface area contributed by atoms with Crippen molar-refractivity contribution >= 4 is 17.2 Å². The highest BCUT2D eigenvalue weighted by Crippen LogP contribution is 2.45. The molecule has 0 bridgehead atoms. The number of nitrogens with zero attached hydrogens (tertiary/aromatic N) is 1. The summed E-state index contributed by atoms with van der Waals surface area (Å²) in [5.41, 5.74) is 7.43. The largest absolute Gasteiger partial charge is 0.198 e. The van der Waals surface area contributed by atoms with Crippen molar-refractivity contribution < 1.29 is 0 Å². The Bertz CT molecular complexity index is 775. The third kappa shape index (κ3) is 2.61.